The van der Waals surface area contributed by atoms with Gasteiger partial charge in [0.25, 0.3) is 6.43 Å². The molecule has 0 bridgehead atoms. The minimum atomic E-state index is -2.55. The number of nitrogens with zero attached hydrogens (tertiary/aromatic N) is 4. The topological polar surface area (TPSA) is 85.8 Å². The highest BCUT2D eigenvalue weighted by Crippen LogP contribution is 2.22. The van der Waals surface area contributed by atoms with Gasteiger partial charge in [0.1, 0.15) is 12.3 Å². The van der Waals surface area contributed by atoms with E-state index < -0.39 is 6.43 Å². The number of rotatable bonds is 6. The molecule has 1 aromatic carbocycles. The molecule has 2 N–H and O–H groups in total. The van der Waals surface area contributed by atoms with Gasteiger partial charge in [-0.3, -0.25) is 4.99 Å². The molecular weight excluding hydrogens is 304 g/mol. The molecule has 0 atom stereocenters. The second kappa shape index (κ2) is 7.92. The minimum Gasteiger partial charge on any atom is -0.457 e. The van der Waals surface area contributed by atoms with E-state index in [1.54, 1.807) is 18.5 Å². The molecular formula is C15H15F2N5O. The molecule has 0 aliphatic rings. The van der Waals surface area contributed by atoms with Crippen molar-refractivity contribution in [1.82, 2.24) is 9.97 Å². The van der Waals surface area contributed by atoms with E-state index in [9.17, 15) is 8.78 Å². The zero-order valence-corrected chi connectivity index (χ0v) is 12.4. The fourth-order valence-electron chi connectivity index (χ4n) is 1.59. The van der Waals surface area contributed by atoms with Crippen molar-refractivity contribution >= 4 is 17.6 Å². The molecule has 120 valence electrons. The van der Waals surface area contributed by atoms with Crippen LogP contribution in [0.15, 0.2) is 46.8 Å². The lowest BCUT2D eigenvalue weighted by molar-refractivity contribution is 0.151. The third kappa shape index (κ3) is 5.10. The summed E-state index contributed by atoms with van der Waals surface area (Å²) >= 11 is 0. The lowest BCUT2D eigenvalue weighted by Gasteiger charge is -2.03. The van der Waals surface area contributed by atoms with E-state index in [-0.39, 0.29) is 18.2 Å². The van der Waals surface area contributed by atoms with Crippen molar-refractivity contribution < 1.29 is 13.5 Å². The number of hydrogen-bond donors (Lipinski definition) is 1. The van der Waals surface area contributed by atoms with Crippen molar-refractivity contribution in [2.24, 2.45) is 15.9 Å². The third-order valence-electron chi connectivity index (χ3n) is 2.76. The molecule has 1 heterocycles. The van der Waals surface area contributed by atoms with Gasteiger partial charge in [-0.05, 0) is 24.6 Å². The largest absolute Gasteiger partial charge is 0.457 e. The first-order chi connectivity index (χ1) is 11.1. The zero-order chi connectivity index (χ0) is 16.7. The first kappa shape index (κ1) is 16.5. The quantitative estimate of drug-likeness (QED) is 0.504. The van der Waals surface area contributed by atoms with Crippen molar-refractivity contribution in [3.63, 3.8) is 0 Å². The summed E-state index contributed by atoms with van der Waals surface area (Å²) in [5.74, 6) is 5.26. The van der Waals surface area contributed by atoms with Crippen molar-refractivity contribution in [1.29, 1.82) is 0 Å². The Bertz CT molecular complexity index is 701. The lowest BCUT2D eigenvalue weighted by atomic mass is 10.2. The summed E-state index contributed by atoms with van der Waals surface area (Å²) < 4.78 is 30.6. The van der Waals surface area contributed by atoms with Crippen LogP contribution in [-0.2, 0) is 0 Å². The molecule has 0 saturated heterocycles. The lowest BCUT2D eigenvalue weighted by Crippen LogP contribution is -2.16. The SMILES string of the molecule is Cc1cnc(OCC(C=Nc2cccc(C(F)F)c2)=NN)nc1. The van der Waals surface area contributed by atoms with Crippen LogP contribution in [0.25, 0.3) is 0 Å². The molecule has 6 nitrogen and oxygen atoms in total. The summed E-state index contributed by atoms with van der Waals surface area (Å²) in [4.78, 5) is 12.0. The van der Waals surface area contributed by atoms with Crippen LogP contribution in [0.4, 0.5) is 14.5 Å². The maximum absolute atomic E-state index is 12.6. The molecule has 2 aromatic rings. The number of ether oxygens (including phenoxy) is 1. The number of benzene rings is 1. The Balaban J connectivity index is 1.99. The van der Waals surface area contributed by atoms with Crippen LogP contribution in [0, 0.1) is 6.92 Å². The van der Waals surface area contributed by atoms with Crippen LogP contribution < -0.4 is 10.6 Å². The fourth-order valence-corrected chi connectivity index (χ4v) is 1.59. The number of nitrogens with two attached hydrogens (primary N) is 1. The Labute approximate surface area is 131 Å². The summed E-state index contributed by atoms with van der Waals surface area (Å²) in [6, 6.07) is 5.91. The molecule has 0 amide bonds. The van der Waals surface area contributed by atoms with Crippen molar-refractivity contribution in [3.05, 3.63) is 47.8 Å². The number of aromatic nitrogens is 2. The average molecular weight is 319 g/mol. The Kier molecular flexibility index (Phi) is 5.67. The van der Waals surface area contributed by atoms with Crippen molar-refractivity contribution in [2.75, 3.05) is 6.61 Å². The van der Waals surface area contributed by atoms with E-state index in [1.807, 2.05) is 6.92 Å². The van der Waals surface area contributed by atoms with E-state index in [1.165, 1.54) is 24.4 Å². The summed E-state index contributed by atoms with van der Waals surface area (Å²) in [7, 11) is 0. The molecule has 0 spiro atoms. The van der Waals surface area contributed by atoms with Crippen LogP contribution >= 0.6 is 0 Å². The van der Waals surface area contributed by atoms with Gasteiger partial charge < -0.3 is 10.6 Å². The van der Waals surface area contributed by atoms with Crippen LogP contribution in [0.5, 0.6) is 6.01 Å². The predicted octanol–water partition coefficient (Wildman–Crippen LogP) is 2.82. The minimum absolute atomic E-state index is 0.0115. The van der Waals surface area contributed by atoms with E-state index >= 15 is 0 Å². The molecule has 0 fully saturated rings. The van der Waals surface area contributed by atoms with E-state index in [0.29, 0.717) is 11.4 Å². The molecule has 0 saturated carbocycles. The Morgan fingerprint density at radius 1 is 1.35 bits per heavy atom. The second-order valence-corrected chi connectivity index (χ2v) is 4.61. The molecule has 2 rings (SSSR count). The van der Waals surface area contributed by atoms with Crippen molar-refractivity contribution in [2.45, 2.75) is 13.3 Å². The number of aliphatic imine (C=N–C) groups is 1. The van der Waals surface area contributed by atoms with Gasteiger partial charge in [-0.15, -0.1) is 0 Å². The molecule has 23 heavy (non-hydrogen) atoms. The van der Waals surface area contributed by atoms with Gasteiger partial charge in [-0.1, -0.05) is 12.1 Å². The van der Waals surface area contributed by atoms with Crippen LogP contribution in [0.1, 0.15) is 17.6 Å². The van der Waals surface area contributed by atoms with Gasteiger partial charge >= 0.3 is 6.01 Å². The maximum atomic E-state index is 12.6. The molecule has 0 radical (unpaired) electrons. The highest BCUT2D eigenvalue weighted by molar-refractivity contribution is 6.31. The Morgan fingerprint density at radius 2 is 2.09 bits per heavy atom. The first-order valence-corrected chi connectivity index (χ1v) is 6.69. The Hall–Kier alpha value is -2.90. The molecule has 0 unspecified atom stereocenters. The van der Waals surface area contributed by atoms with Gasteiger partial charge in [0, 0.05) is 18.0 Å². The fraction of sp³-hybridized carbons (Fsp3) is 0.200. The predicted molar refractivity (Wildman–Crippen MR) is 83.4 cm³/mol. The highest BCUT2D eigenvalue weighted by atomic mass is 19.3. The van der Waals surface area contributed by atoms with Gasteiger partial charge in [-0.2, -0.15) is 5.10 Å². The monoisotopic (exact) mass is 319 g/mol. The van der Waals surface area contributed by atoms with Gasteiger partial charge in [0.05, 0.1) is 11.9 Å². The smallest absolute Gasteiger partial charge is 0.316 e. The van der Waals surface area contributed by atoms with E-state index in [4.69, 9.17) is 10.6 Å². The second-order valence-electron chi connectivity index (χ2n) is 4.61. The number of aryl methyl sites for hydroxylation is 1. The van der Waals surface area contributed by atoms with Gasteiger partial charge in [-0.25, -0.2) is 18.7 Å². The summed E-state index contributed by atoms with van der Waals surface area (Å²) in [6.45, 7) is 1.87. The van der Waals surface area contributed by atoms with Gasteiger partial charge in [0.2, 0.25) is 0 Å². The molecule has 8 heteroatoms. The van der Waals surface area contributed by atoms with Crippen LogP contribution in [-0.4, -0.2) is 28.5 Å². The summed E-state index contributed by atoms with van der Waals surface area (Å²) in [5.41, 5.74) is 1.49. The maximum Gasteiger partial charge on any atom is 0.316 e. The van der Waals surface area contributed by atoms with Crippen LogP contribution in [0.2, 0.25) is 0 Å². The third-order valence-corrected chi connectivity index (χ3v) is 2.76. The number of alkyl halides is 2. The number of halogens is 2. The normalized spacial score (nSPS) is 12.1. The average Bonchev–Trinajstić information content (AvgIpc) is 2.57. The van der Waals surface area contributed by atoms with Gasteiger partial charge in [0.15, 0.2) is 0 Å². The molecule has 0 aliphatic heterocycles. The first-order valence-electron chi connectivity index (χ1n) is 6.69. The molecule has 0 aliphatic carbocycles. The Morgan fingerprint density at radius 3 is 2.74 bits per heavy atom. The number of hydrogen-bond acceptors (Lipinski definition) is 6. The van der Waals surface area contributed by atoms with Crippen LogP contribution in [0.3, 0.4) is 0 Å². The summed E-state index contributed by atoms with van der Waals surface area (Å²) in [5, 5.41) is 3.53. The number of hydrazone groups is 1. The van der Waals surface area contributed by atoms with E-state index in [0.717, 1.165) is 5.56 Å². The standard InChI is InChI=1S/C15H15F2N5O/c1-10-6-20-15(21-7-10)23-9-13(22-18)8-19-12-4-2-3-11(5-12)14(16)17/h2-8,14H,9,18H2,1H3. The van der Waals surface area contributed by atoms with E-state index in [2.05, 4.69) is 20.1 Å². The summed E-state index contributed by atoms with van der Waals surface area (Å²) in [6.07, 6.45) is 2.03. The van der Waals surface area contributed by atoms with Crippen molar-refractivity contribution in [3.8, 4) is 6.01 Å². The zero-order valence-electron chi connectivity index (χ0n) is 12.4. The molecule has 1 aromatic heterocycles. The highest BCUT2D eigenvalue weighted by Gasteiger charge is 2.06.